The molecule has 5 nitrogen and oxygen atoms in total. The molecule has 0 spiro atoms. The number of rotatable bonds is 4. The van der Waals surface area contributed by atoms with E-state index in [-0.39, 0.29) is 28.6 Å². The minimum absolute atomic E-state index is 0.0184. The molecule has 0 aliphatic carbocycles. The summed E-state index contributed by atoms with van der Waals surface area (Å²) in [6, 6.07) is 9.89. The van der Waals surface area contributed by atoms with Crippen LogP contribution in [0.3, 0.4) is 0 Å². The Labute approximate surface area is 121 Å². The van der Waals surface area contributed by atoms with Crippen LogP contribution in [0.1, 0.15) is 15.9 Å². The first-order chi connectivity index (χ1) is 10.0. The largest absolute Gasteiger partial charge is 0.508 e. The Balaban J connectivity index is 2.32. The molecule has 21 heavy (non-hydrogen) atoms. The maximum absolute atomic E-state index is 12.1. The molecule has 0 heterocycles. The first kappa shape index (κ1) is 14.5. The molecule has 2 rings (SSSR count). The number of ether oxygens (including phenoxy) is 1. The van der Waals surface area contributed by atoms with Crippen LogP contribution in [0.25, 0.3) is 5.76 Å². The first-order valence-corrected chi connectivity index (χ1v) is 6.12. The van der Waals surface area contributed by atoms with E-state index in [9.17, 15) is 20.1 Å². The Kier molecular flexibility index (Phi) is 4.13. The highest BCUT2D eigenvalue weighted by molar-refractivity contribution is 6.09. The number of allylic oxidation sites excluding steroid dienone is 1. The third-order valence-corrected chi connectivity index (χ3v) is 2.88. The zero-order chi connectivity index (χ0) is 15.4. The Morgan fingerprint density at radius 1 is 1.05 bits per heavy atom. The van der Waals surface area contributed by atoms with E-state index in [4.69, 9.17) is 4.74 Å². The maximum Gasteiger partial charge on any atom is 0.193 e. The van der Waals surface area contributed by atoms with Crippen LogP contribution in [0.15, 0.2) is 48.5 Å². The lowest BCUT2D eigenvalue weighted by molar-refractivity contribution is 0.104. The van der Waals surface area contributed by atoms with Crippen molar-refractivity contribution < 1.29 is 24.9 Å². The molecule has 0 aliphatic rings. The number of ketones is 1. The first-order valence-electron chi connectivity index (χ1n) is 6.12. The van der Waals surface area contributed by atoms with E-state index in [0.29, 0.717) is 5.56 Å². The molecular formula is C16H14O5. The van der Waals surface area contributed by atoms with Gasteiger partial charge in [-0.05, 0) is 36.4 Å². The van der Waals surface area contributed by atoms with E-state index < -0.39 is 5.78 Å². The van der Waals surface area contributed by atoms with Gasteiger partial charge in [0.25, 0.3) is 0 Å². The normalized spacial score (nSPS) is 11.2. The van der Waals surface area contributed by atoms with Crippen molar-refractivity contribution in [1.82, 2.24) is 0 Å². The van der Waals surface area contributed by atoms with Crippen molar-refractivity contribution in [3.8, 4) is 17.2 Å². The molecule has 0 bridgehead atoms. The molecule has 0 aromatic heterocycles. The van der Waals surface area contributed by atoms with Crippen molar-refractivity contribution in [2.24, 2.45) is 0 Å². The second-order valence-corrected chi connectivity index (χ2v) is 4.33. The van der Waals surface area contributed by atoms with Crippen LogP contribution < -0.4 is 4.74 Å². The van der Waals surface area contributed by atoms with Crippen LogP contribution in [0.4, 0.5) is 0 Å². The lowest BCUT2D eigenvalue weighted by atomic mass is 10.1. The zero-order valence-electron chi connectivity index (χ0n) is 11.3. The lowest BCUT2D eigenvalue weighted by Crippen LogP contribution is -2.00. The number of carbonyl (C=O) groups is 1. The fourth-order valence-corrected chi connectivity index (χ4v) is 1.80. The summed E-state index contributed by atoms with van der Waals surface area (Å²) in [5.74, 6) is -0.421. The van der Waals surface area contributed by atoms with Gasteiger partial charge in [-0.15, -0.1) is 0 Å². The van der Waals surface area contributed by atoms with Crippen LogP contribution >= 0.6 is 0 Å². The highest BCUT2D eigenvalue weighted by atomic mass is 16.5. The molecule has 0 aliphatic heterocycles. The quantitative estimate of drug-likeness (QED) is 0.457. The number of hydrogen-bond donors (Lipinski definition) is 3. The predicted octanol–water partition coefficient (Wildman–Crippen LogP) is 2.89. The number of phenols is 2. The number of aliphatic hydroxyl groups is 1. The van der Waals surface area contributed by atoms with Crippen LogP contribution in [0, 0.1) is 0 Å². The number of aromatic hydroxyl groups is 2. The van der Waals surface area contributed by atoms with Gasteiger partial charge in [0.05, 0.1) is 12.7 Å². The number of benzene rings is 2. The standard InChI is InChI=1S/C16H14O5/c1-21-16-8-12(18)6-7-13(16)15(20)9-14(19)10-2-4-11(17)5-3-10/h2-9,17-19H,1H3/b14-9-. The topological polar surface area (TPSA) is 87.0 Å². The Hall–Kier alpha value is -2.95. The zero-order valence-corrected chi connectivity index (χ0v) is 11.3. The number of hydrogen-bond acceptors (Lipinski definition) is 5. The molecule has 5 heteroatoms. The second kappa shape index (κ2) is 6.00. The molecule has 2 aromatic rings. The highest BCUT2D eigenvalue weighted by Crippen LogP contribution is 2.25. The Bertz CT molecular complexity index is 686. The molecule has 0 amide bonds. The van der Waals surface area contributed by atoms with Crippen molar-refractivity contribution in [2.75, 3.05) is 7.11 Å². The predicted molar refractivity (Wildman–Crippen MR) is 77.7 cm³/mol. The van der Waals surface area contributed by atoms with Gasteiger partial charge < -0.3 is 20.1 Å². The van der Waals surface area contributed by atoms with Gasteiger partial charge in [-0.2, -0.15) is 0 Å². The molecule has 0 atom stereocenters. The van der Waals surface area contributed by atoms with Gasteiger partial charge in [-0.25, -0.2) is 0 Å². The SMILES string of the molecule is COc1cc(O)ccc1C(=O)/C=C(\O)c1ccc(O)cc1. The number of phenolic OH excluding ortho intramolecular Hbond substituents is 2. The van der Waals surface area contributed by atoms with E-state index in [1.807, 2.05) is 0 Å². The smallest absolute Gasteiger partial charge is 0.193 e. The average Bonchev–Trinajstić information content (AvgIpc) is 2.47. The molecule has 108 valence electrons. The number of methoxy groups -OCH3 is 1. The van der Waals surface area contributed by atoms with Gasteiger partial charge in [0.1, 0.15) is 23.0 Å². The van der Waals surface area contributed by atoms with Crippen LogP contribution in [0.2, 0.25) is 0 Å². The van der Waals surface area contributed by atoms with Gasteiger partial charge in [-0.1, -0.05) is 0 Å². The second-order valence-electron chi connectivity index (χ2n) is 4.33. The molecule has 3 N–H and O–H groups in total. The maximum atomic E-state index is 12.1. The molecule has 0 saturated carbocycles. The molecule has 0 unspecified atom stereocenters. The minimum Gasteiger partial charge on any atom is -0.508 e. The summed E-state index contributed by atoms with van der Waals surface area (Å²) < 4.78 is 5.03. The average molecular weight is 286 g/mol. The number of carbonyl (C=O) groups excluding carboxylic acids is 1. The summed E-state index contributed by atoms with van der Waals surface area (Å²) >= 11 is 0. The Morgan fingerprint density at radius 3 is 2.29 bits per heavy atom. The third-order valence-electron chi connectivity index (χ3n) is 2.88. The molecule has 0 saturated heterocycles. The van der Waals surface area contributed by atoms with Crippen molar-refractivity contribution in [3.63, 3.8) is 0 Å². The monoisotopic (exact) mass is 286 g/mol. The van der Waals surface area contributed by atoms with Crippen molar-refractivity contribution in [1.29, 1.82) is 0 Å². The van der Waals surface area contributed by atoms with E-state index >= 15 is 0 Å². The van der Waals surface area contributed by atoms with Crippen LogP contribution in [-0.2, 0) is 0 Å². The molecular weight excluding hydrogens is 272 g/mol. The van der Waals surface area contributed by atoms with Crippen molar-refractivity contribution in [3.05, 3.63) is 59.7 Å². The fraction of sp³-hybridized carbons (Fsp3) is 0.0625. The summed E-state index contributed by atoms with van der Waals surface area (Å²) in [7, 11) is 1.38. The van der Waals surface area contributed by atoms with Crippen LogP contribution in [-0.4, -0.2) is 28.2 Å². The van der Waals surface area contributed by atoms with E-state index in [2.05, 4.69) is 0 Å². The summed E-state index contributed by atoms with van der Waals surface area (Å²) in [5, 5.41) is 28.5. The lowest BCUT2D eigenvalue weighted by Gasteiger charge is -2.06. The summed E-state index contributed by atoms with van der Waals surface area (Å²) in [5.41, 5.74) is 0.625. The van der Waals surface area contributed by atoms with E-state index in [1.165, 1.54) is 49.6 Å². The van der Waals surface area contributed by atoms with Gasteiger partial charge >= 0.3 is 0 Å². The fourth-order valence-electron chi connectivity index (χ4n) is 1.80. The molecule has 2 aromatic carbocycles. The molecule has 0 fully saturated rings. The molecule has 0 radical (unpaired) electrons. The van der Waals surface area contributed by atoms with Gasteiger partial charge in [-0.3, -0.25) is 4.79 Å². The minimum atomic E-state index is -0.461. The van der Waals surface area contributed by atoms with Gasteiger partial charge in [0, 0.05) is 17.7 Å². The van der Waals surface area contributed by atoms with E-state index in [1.54, 1.807) is 0 Å². The Morgan fingerprint density at radius 2 is 1.67 bits per heavy atom. The van der Waals surface area contributed by atoms with Crippen molar-refractivity contribution in [2.45, 2.75) is 0 Å². The summed E-state index contributed by atoms with van der Waals surface area (Å²) in [6.45, 7) is 0. The van der Waals surface area contributed by atoms with Gasteiger partial charge in [0.15, 0.2) is 5.78 Å². The van der Waals surface area contributed by atoms with Gasteiger partial charge in [0.2, 0.25) is 0 Å². The van der Waals surface area contributed by atoms with Crippen molar-refractivity contribution >= 4 is 11.5 Å². The highest BCUT2D eigenvalue weighted by Gasteiger charge is 2.12. The summed E-state index contributed by atoms with van der Waals surface area (Å²) in [4.78, 5) is 12.1. The van der Waals surface area contributed by atoms with Crippen LogP contribution in [0.5, 0.6) is 17.2 Å². The van der Waals surface area contributed by atoms with E-state index in [0.717, 1.165) is 6.08 Å². The number of aliphatic hydroxyl groups excluding tert-OH is 1. The summed E-state index contributed by atoms with van der Waals surface area (Å²) in [6.07, 6.45) is 1.06. The third kappa shape index (κ3) is 3.33.